The predicted molar refractivity (Wildman–Crippen MR) is 67.3 cm³/mol. The summed E-state index contributed by atoms with van der Waals surface area (Å²) in [5, 5.41) is 11.4. The third-order valence-electron chi connectivity index (χ3n) is 3.15. The van der Waals surface area contributed by atoms with Gasteiger partial charge in [0.25, 0.3) is 0 Å². The second-order valence-electron chi connectivity index (χ2n) is 4.16. The standard InChI is InChI=1S/C11H14Cl2N2O/c1-15-5-4-11(16,6-14)7-2-3-8(12)9(13)10(7)15/h2-3,16H,4-6,14H2,1H3. The molecule has 1 aliphatic rings. The Morgan fingerprint density at radius 1 is 1.50 bits per heavy atom. The van der Waals surface area contributed by atoms with Gasteiger partial charge in [0.05, 0.1) is 15.7 Å². The molecular formula is C11H14Cl2N2O. The maximum absolute atomic E-state index is 10.4. The fourth-order valence-corrected chi connectivity index (χ4v) is 2.56. The van der Waals surface area contributed by atoms with Crippen molar-refractivity contribution >= 4 is 28.9 Å². The van der Waals surface area contributed by atoms with E-state index in [4.69, 9.17) is 28.9 Å². The summed E-state index contributed by atoms with van der Waals surface area (Å²) >= 11 is 12.1. The molecule has 2 rings (SSSR count). The quantitative estimate of drug-likeness (QED) is 0.812. The molecule has 1 aromatic carbocycles. The van der Waals surface area contributed by atoms with E-state index in [0.717, 1.165) is 11.3 Å². The monoisotopic (exact) mass is 260 g/mol. The number of benzene rings is 1. The number of nitrogens with zero attached hydrogens (tertiary/aromatic N) is 1. The average Bonchev–Trinajstić information content (AvgIpc) is 2.28. The van der Waals surface area contributed by atoms with Crippen LogP contribution in [0.1, 0.15) is 12.0 Å². The first-order chi connectivity index (χ1) is 7.49. The number of hydrogen-bond donors (Lipinski definition) is 2. The molecule has 0 aliphatic carbocycles. The molecule has 0 spiro atoms. The topological polar surface area (TPSA) is 49.5 Å². The molecule has 5 heteroatoms. The van der Waals surface area contributed by atoms with Crippen LogP contribution < -0.4 is 10.6 Å². The lowest BCUT2D eigenvalue weighted by atomic mass is 9.85. The molecule has 3 N–H and O–H groups in total. The maximum Gasteiger partial charge on any atom is 0.105 e. The van der Waals surface area contributed by atoms with Crippen LogP contribution in [0.5, 0.6) is 0 Å². The molecule has 0 bridgehead atoms. The van der Waals surface area contributed by atoms with Crippen molar-refractivity contribution in [2.24, 2.45) is 5.73 Å². The Bertz CT molecular complexity index is 425. The van der Waals surface area contributed by atoms with Gasteiger partial charge in [-0.15, -0.1) is 0 Å². The van der Waals surface area contributed by atoms with Crippen LogP contribution >= 0.6 is 23.2 Å². The lowest BCUT2D eigenvalue weighted by Gasteiger charge is -2.39. The van der Waals surface area contributed by atoms with Gasteiger partial charge in [0, 0.05) is 25.7 Å². The Morgan fingerprint density at radius 2 is 2.19 bits per heavy atom. The van der Waals surface area contributed by atoms with Gasteiger partial charge >= 0.3 is 0 Å². The molecule has 1 aromatic rings. The van der Waals surface area contributed by atoms with Crippen molar-refractivity contribution in [1.82, 2.24) is 0 Å². The summed E-state index contributed by atoms with van der Waals surface area (Å²) in [6.45, 7) is 0.895. The molecule has 0 radical (unpaired) electrons. The molecular weight excluding hydrogens is 247 g/mol. The minimum absolute atomic E-state index is 0.186. The highest BCUT2D eigenvalue weighted by atomic mass is 35.5. The number of hydrogen-bond acceptors (Lipinski definition) is 3. The molecule has 1 heterocycles. The summed E-state index contributed by atoms with van der Waals surface area (Å²) in [4.78, 5) is 1.99. The predicted octanol–water partition coefficient (Wildman–Crippen LogP) is 1.98. The van der Waals surface area contributed by atoms with E-state index in [1.54, 1.807) is 12.1 Å². The zero-order valence-corrected chi connectivity index (χ0v) is 10.5. The first-order valence-electron chi connectivity index (χ1n) is 5.11. The zero-order valence-electron chi connectivity index (χ0n) is 9.00. The van der Waals surface area contributed by atoms with Gasteiger partial charge in [-0.1, -0.05) is 29.3 Å². The fraction of sp³-hybridized carbons (Fsp3) is 0.455. The van der Waals surface area contributed by atoms with Crippen molar-refractivity contribution in [3.8, 4) is 0 Å². The van der Waals surface area contributed by atoms with Gasteiger partial charge in [0.2, 0.25) is 0 Å². The van der Waals surface area contributed by atoms with Crippen LogP contribution in [0.15, 0.2) is 12.1 Å². The highest BCUT2D eigenvalue weighted by Crippen LogP contribution is 2.44. The van der Waals surface area contributed by atoms with E-state index in [1.165, 1.54) is 0 Å². The van der Waals surface area contributed by atoms with E-state index in [2.05, 4.69) is 0 Å². The van der Waals surface area contributed by atoms with Crippen molar-refractivity contribution < 1.29 is 5.11 Å². The Balaban J connectivity index is 2.65. The van der Waals surface area contributed by atoms with E-state index in [-0.39, 0.29) is 6.54 Å². The number of halogens is 2. The molecule has 0 saturated heterocycles. The van der Waals surface area contributed by atoms with Crippen LogP contribution in [0.3, 0.4) is 0 Å². The van der Waals surface area contributed by atoms with Crippen LogP contribution in [0.4, 0.5) is 5.69 Å². The molecule has 0 amide bonds. The van der Waals surface area contributed by atoms with E-state index >= 15 is 0 Å². The Hall–Kier alpha value is -0.480. The Morgan fingerprint density at radius 3 is 2.81 bits per heavy atom. The largest absolute Gasteiger partial charge is 0.384 e. The smallest absolute Gasteiger partial charge is 0.105 e. The summed E-state index contributed by atoms with van der Waals surface area (Å²) < 4.78 is 0. The lowest BCUT2D eigenvalue weighted by Crippen LogP contribution is -2.43. The molecule has 0 aromatic heterocycles. The van der Waals surface area contributed by atoms with Gasteiger partial charge in [-0.3, -0.25) is 0 Å². The highest BCUT2D eigenvalue weighted by molar-refractivity contribution is 6.43. The van der Waals surface area contributed by atoms with Gasteiger partial charge in [-0.2, -0.15) is 0 Å². The van der Waals surface area contributed by atoms with Gasteiger partial charge in [0.15, 0.2) is 0 Å². The first-order valence-corrected chi connectivity index (χ1v) is 5.87. The van der Waals surface area contributed by atoms with Crippen molar-refractivity contribution in [2.75, 3.05) is 25.0 Å². The van der Waals surface area contributed by atoms with E-state index in [1.807, 2.05) is 11.9 Å². The maximum atomic E-state index is 10.4. The molecule has 0 fully saturated rings. The molecule has 16 heavy (non-hydrogen) atoms. The number of nitrogens with two attached hydrogens (primary N) is 1. The van der Waals surface area contributed by atoms with Crippen molar-refractivity contribution in [2.45, 2.75) is 12.0 Å². The Labute approximate surface area is 105 Å². The number of aliphatic hydroxyl groups is 1. The second kappa shape index (κ2) is 4.08. The molecule has 1 unspecified atom stereocenters. The Kier molecular flexibility index (Phi) is 3.05. The fourth-order valence-electron chi connectivity index (χ4n) is 2.10. The molecule has 1 aliphatic heterocycles. The van der Waals surface area contributed by atoms with Crippen molar-refractivity contribution in [3.63, 3.8) is 0 Å². The summed E-state index contributed by atoms with van der Waals surface area (Å²) in [7, 11) is 1.93. The van der Waals surface area contributed by atoms with Crippen LogP contribution in [-0.4, -0.2) is 25.2 Å². The summed E-state index contributed by atoms with van der Waals surface area (Å²) in [5.74, 6) is 0. The molecule has 3 nitrogen and oxygen atoms in total. The van der Waals surface area contributed by atoms with Gasteiger partial charge in [-0.05, 0) is 12.5 Å². The highest BCUT2D eigenvalue weighted by Gasteiger charge is 2.36. The molecule has 0 saturated carbocycles. The van der Waals surface area contributed by atoms with E-state index in [0.29, 0.717) is 23.0 Å². The average molecular weight is 261 g/mol. The molecule has 88 valence electrons. The van der Waals surface area contributed by atoms with Crippen LogP contribution in [-0.2, 0) is 5.60 Å². The minimum Gasteiger partial charge on any atom is -0.384 e. The third kappa shape index (κ3) is 1.68. The number of fused-ring (bicyclic) bond motifs is 1. The van der Waals surface area contributed by atoms with E-state index < -0.39 is 5.60 Å². The van der Waals surface area contributed by atoms with Gasteiger partial charge in [-0.25, -0.2) is 0 Å². The normalized spacial score (nSPS) is 24.4. The van der Waals surface area contributed by atoms with Gasteiger partial charge in [0.1, 0.15) is 5.60 Å². The summed E-state index contributed by atoms with van der Waals surface area (Å²) in [6.07, 6.45) is 0.602. The van der Waals surface area contributed by atoms with Crippen LogP contribution in [0.2, 0.25) is 10.0 Å². The van der Waals surface area contributed by atoms with E-state index in [9.17, 15) is 5.11 Å². The lowest BCUT2D eigenvalue weighted by molar-refractivity contribution is 0.0351. The van der Waals surface area contributed by atoms with Gasteiger partial charge < -0.3 is 15.7 Å². The van der Waals surface area contributed by atoms with Crippen LogP contribution in [0, 0.1) is 0 Å². The molecule has 1 atom stereocenters. The van der Waals surface area contributed by atoms with Crippen molar-refractivity contribution in [1.29, 1.82) is 0 Å². The summed E-state index contributed by atoms with van der Waals surface area (Å²) in [6, 6.07) is 3.49. The minimum atomic E-state index is -0.990. The first kappa shape index (κ1) is 12.0. The van der Waals surface area contributed by atoms with Crippen molar-refractivity contribution in [3.05, 3.63) is 27.7 Å². The third-order valence-corrected chi connectivity index (χ3v) is 3.94. The number of rotatable bonds is 1. The number of anilines is 1. The summed E-state index contributed by atoms with van der Waals surface area (Å²) in [5.41, 5.74) is 6.20. The zero-order chi connectivity index (χ0) is 11.9. The SMILES string of the molecule is CN1CCC(O)(CN)c2ccc(Cl)c(Cl)c21. The second-order valence-corrected chi connectivity index (χ2v) is 4.95. The van der Waals surface area contributed by atoms with Crippen LogP contribution in [0.25, 0.3) is 0 Å².